The number of hydrogen-bond acceptors (Lipinski definition) is 7. The Labute approximate surface area is 124 Å². The van der Waals surface area contributed by atoms with Crippen molar-refractivity contribution in [2.24, 2.45) is 0 Å². The van der Waals surface area contributed by atoms with Gasteiger partial charge in [0.2, 0.25) is 4.73 Å². The van der Waals surface area contributed by atoms with E-state index in [2.05, 4.69) is 25.9 Å². The number of nitrogens with one attached hydrogen (secondary N) is 1. The zero-order valence-corrected chi connectivity index (χ0v) is 12.0. The van der Waals surface area contributed by atoms with Crippen molar-refractivity contribution >= 4 is 27.1 Å². The first kappa shape index (κ1) is 14.4. The van der Waals surface area contributed by atoms with E-state index in [4.69, 9.17) is 15.3 Å². The molecule has 0 radical (unpaired) electrons. The number of nitrogens with zero attached hydrogens (tertiary/aromatic N) is 4. The molecule has 9 nitrogen and oxygen atoms in total. The number of ether oxygens (including phenoxy) is 1. The van der Waals surface area contributed by atoms with Gasteiger partial charge < -0.3 is 20.2 Å². The van der Waals surface area contributed by atoms with E-state index >= 15 is 0 Å². The van der Waals surface area contributed by atoms with Crippen molar-refractivity contribution in [2.75, 3.05) is 6.61 Å². The van der Waals surface area contributed by atoms with E-state index in [0.717, 1.165) is 0 Å². The molecule has 3 heterocycles. The third-order valence-electron chi connectivity index (χ3n) is 3.32. The van der Waals surface area contributed by atoms with Gasteiger partial charge in [-0.1, -0.05) is 0 Å². The summed E-state index contributed by atoms with van der Waals surface area (Å²) in [5.41, 5.74) is -0.188. The summed E-state index contributed by atoms with van der Waals surface area (Å²) in [7, 11) is 0. The molecule has 0 unspecified atom stereocenters. The van der Waals surface area contributed by atoms with Crippen LogP contribution in [0.4, 0.5) is 4.39 Å². The lowest BCUT2D eigenvalue weighted by molar-refractivity contribution is -0.0459. The number of halogens is 2. The van der Waals surface area contributed by atoms with Gasteiger partial charge in [0.1, 0.15) is 12.2 Å². The molecule has 21 heavy (non-hydrogen) atoms. The Morgan fingerprint density at radius 1 is 1.52 bits per heavy atom. The Kier molecular flexibility index (Phi) is 3.43. The number of aromatic nitrogens is 4. The van der Waals surface area contributed by atoms with Gasteiger partial charge in [0.15, 0.2) is 29.1 Å². The van der Waals surface area contributed by atoms with Gasteiger partial charge in [-0.05, 0) is 15.9 Å². The second-order valence-corrected chi connectivity index (χ2v) is 5.26. The third-order valence-corrected chi connectivity index (χ3v) is 3.84. The van der Waals surface area contributed by atoms with Crippen LogP contribution in [0.2, 0.25) is 0 Å². The Bertz CT molecular complexity index is 749. The topological polar surface area (TPSA) is 129 Å². The summed E-state index contributed by atoms with van der Waals surface area (Å²) < 4.78 is 21.0. The van der Waals surface area contributed by atoms with Crippen molar-refractivity contribution in [2.45, 2.75) is 24.6 Å². The van der Waals surface area contributed by atoms with Gasteiger partial charge in [0.25, 0.3) is 0 Å². The molecule has 0 amide bonds. The molecule has 0 aromatic carbocycles. The molecule has 11 heteroatoms. The normalized spacial score (nSPS) is 29.3. The highest BCUT2D eigenvalue weighted by Gasteiger charge is 2.45. The molecule has 3 rings (SSSR count). The Balaban J connectivity index is 2.12. The van der Waals surface area contributed by atoms with Gasteiger partial charge in [-0.2, -0.15) is 0 Å². The quantitative estimate of drug-likeness (QED) is 0.412. The standard InChI is InChI=1S/C10H11BrFN5O4/c11-10-15-8-5(7(13)17(10)20)14-2-16(8)9-4(12)6(19)3(1-18)21-9/h2-4,6,9,13,18-20H,1H2/t3-,4+,6-,9-/m1/s1. The number of imidazole rings is 1. The smallest absolute Gasteiger partial charge is 0.215 e. The maximum Gasteiger partial charge on any atom is 0.215 e. The summed E-state index contributed by atoms with van der Waals surface area (Å²) >= 11 is 2.96. The lowest BCUT2D eigenvalue weighted by Gasteiger charge is -2.15. The molecule has 1 saturated heterocycles. The van der Waals surface area contributed by atoms with Crippen molar-refractivity contribution in [1.29, 1.82) is 5.41 Å². The van der Waals surface area contributed by atoms with Crippen LogP contribution in [0.15, 0.2) is 11.1 Å². The summed E-state index contributed by atoms with van der Waals surface area (Å²) in [4.78, 5) is 7.87. The maximum absolute atomic E-state index is 14.1. The second kappa shape index (κ2) is 5.02. The fourth-order valence-electron chi connectivity index (χ4n) is 2.22. The molecule has 4 N–H and O–H groups in total. The molecule has 4 atom stereocenters. The van der Waals surface area contributed by atoms with Gasteiger partial charge in [-0.3, -0.25) is 9.98 Å². The van der Waals surface area contributed by atoms with Gasteiger partial charge in [-0.15, -0.1) is 4.73 Å². The minimum atomic E-state index is -1.78. The van der Waals surface area contributed by atoms with Gasteiger partial charge >= 0.3 is 0 Å². The van der Waals surface area contributed by atoms with E-state index in [0.29, 0.717) is 4.73 Å². The zero-order valence-electron chi connectivity index (χ0n) is 10.4. The highest BCUT2D eigenvalue weighted by atomic mass is 79.9. The van der Waals surface area contributed by atoms with Crippen LogP contribution in [0.3, 0.4) is 0 Å². The molecular formula is C10H11BrFN5O4. The van der Waals surface area contributed by atoms with Crippen LogP contribution in [0.5, 0.6) is 0 Å². The van der Waals surface area contributed by atoms with Gasteiger partial charge in [0, 0.05) is 0 Å². The van der Waals surface area contributed by atoms with E-state index in [9.17, 15) is 14.7 Å². The largest absolute Gasteiger partial charge is 0.424 e. The van der Waals surface area contributed by atoms with Crippen LogP contribution >= 0.6 is 15.9 Å². The molecule has 0 spiro atoms. The SMILES string of the molecule is N=c1c2ncn([C@@H]3O[C@H](CO)[C@@H](O)[C@@H]3F)c2nc(Br)n1O. The zero-order chi connectivity index (χ0) is 15.3. The lowest BCUT2D eigenvalue weighted by atomic mass is 10.1. The fourth-order valence-corrected chi connectivity index (χ4v) is 2.57. The predicted octanol–water partition coefficient (Wildman–Crippen LogP) is -0.699. The first-order valence-electron chi connectivity index (χ1n) is 5.93. The van der Waals surface area contributed by atoms with Crippen molar-refractivity contribution in [1.82, 2.24) is 19.3 Å². The van der Waals surface area contributed by atoms with Crippen LogP contribution in [0.1, 0.15) is 6.23 Å². The summed E-state index contributed by atoms with van der Waals surface area (Å²) in [6.45, 7) is -0.526. The number of rotatable bonds is 2. The van der Waals surface area contributed by atoms with Crippen LogP contribution < -0.4 is 5.49 Å². The average molecular weight is 364 g/mol. The van der Waals surface area contributed by atoms with E-state index in [1.807, 2.05) is 0 Å². The maximum atomic E-state index is 14.1. The first-order valence-corrected chi connectivity index (χ1v) is 6.72. The molecule has 2 aromatic rings. The first-order chi connectivity index (χ1) is 9.95. The molecule has 0 aliphatic carbocycles. The van der Waals surface area contributed by atoms with Crippen LogP contribution in [0.25, 0.3) is 11.2 Å². The monoisotopic (exact) mass is 363 g/mol. The molecular weight excluding hydrogens is 353 g/mol. The van der Waals surface area contributed by atoms with E-state index in [1.54, 1.807) is 0 Å². The van der Waals surface area contributed by atoms with E-state index in [-0.39, 0.29) is 21.4 Å². The fraction of sp³-hybridized carbons (Fsp3) is 0.500. The molecule has 114 valence electrons. The highest BCUT2D eigenvalue weighted by molar-refractivity contribution is 9.10. The minimum Gasteiger partial charge on any atom is -0.424 e. The molecule has 2 aromatic heterocycles. The summed E-state index contributed by atoms with van der Waals surface area (Å²) in [5, 5.41) is 36.0. The van der Waals surface area contributed by atoms with Crippen molar-refractivity contribution in [3.63, 3.8) is 0 Å². The van der Waals surface area contributed by atoms with E-state index in [1.165, 1.54) is 10.9 Å². The second-order valence-electron chi connectivity index (χ2n) is 4.55. The van der Waals surface area contributed by atoms with Crippen LogP contribution in [-0.2, 0) is 4.74 Å². The van der Waals surface area contributed by atoms with Crippen molar-refractivity contribution < 1.29 is 24.5 Å². The summed E-state index contributed by atoms with van der Waals surface area (Å²) in [5.74, 6) is 0. The molecule has 0 bridgehead atoms. The number of alkyl halides is 1. The van der Waals surface area contributed by atoms with Gasteiger partial charge in [0.05, 0.1) is 12.9 Å². The Hall–Kier alpha value is -1.56. The summed E-state index contributed by atoms with van der Waals surface area (Å²) in [6.07, 6.45) is -4.33. The van der Waals surface area contributed by atoms with Crippen LogP contribution in [0, 0.1) is 5.41 Å². The average Bonchev–Trinajstić information content (AvgIpc) is 2.99. The van der Waals surface area contributed by atoms with E-state index < -0.39 is 31.2 Å². The Morgan fingerprint density at radius 2 is 2.24 bits per heavy atom. The Morgan fingerprint density at radius 3 is 2.86 bits per heavy atom. The van der Waals surface area contributed by atoms with Crippen LogP contribution in [-0.4, -0.2) is 59.7 Å². The predicted molar refractivity (Wildman–Crippen MR) is 68.2 cm³/mol. The number of hydrogen-bond donors (Lipinski definition) is 4. The lowest BCUT2D eigenvalue weighted by Crippen LogP contribution is -2.30. The van der Waals surface area contributed by atoms with Crippen molar-refractivity contribution in [3.05, 3.63) is 16.5 Å². The number of aliphatic hydroxyl groups excluding tert-OH is 2. The number of aliphatic hydroxyl groups is 2. The molecule has 0 saturated carbocycles. The minimum absolute atomic E-state index is 0.0402. The summed E-state index contributed by atoms with van der Waals surface area (Å²) in [6, 6.07) is 0. The molecule has 1 aliphatic heterocycles. The number of fused-ring (bicyclic) bond motifs is 1. The molecule has 1 fully saturated rings. The molecule has 1 aliphatic rings. The van der Waals surface area contributed by atoms with Gasteiger partial charge in [-0.25, -0.2) is 14.4 Å². The van der Waals surface area contributed by atoms with Crippen molar-refractivity contribution in [3.8, 4) is 0 Å². The third kappa shape index (κ3) is 2.04. The highest BCUT2D eigenvalue weighted by Crippen LogP contribution is 2.33.